The highest BCUT2D eigenvalue weighted by Gasteiger charge is 2.35. The first-order valence-electron chi connectivity index (χ1n) is 5.79. The fourth-order valence-corrected chi connectivity index (χ4v) is 1.72. The number of hydrogen-bond donors (Lipinski definition) is 1. The number of rotatable bonds is 2. The third kappa shape index (κ3) is 2.98. The van der Waals surface area contributed by atoms with Crippen LogP contribution in [0.4, 0.5) is 30.5 Å². The Morgan fingerprint density at radius 3 is 2.45 bits per heavy atom. The topological polar surface area (TPSA) is 55.0 Å². The van der Waals surface area contributed by atoms with Gasteiger partial charge in [0.1, 0.15) is 11.6 Å². The lowest BCUT2D eigenvalue weighted by Gasteiger charge is -2.20. The van der Waals surface area contributed by atoms with E-state index in [2.05, 4.69) is 9.97 Å². The molecule has 7 heteroatoms. The molecule has 0 aliphatic rings. The molecule has 2 rings (SSSR count). The fraction of sp³-hybridized carbons (Fsp3) is 0.231. The van der Waals surface area contributed by atoms with Crippen molar-refractivity contribution in [3.8, 4) is 0 Å². The second-order valence-electron chi connectivity index (χ2n) is 4.37. The first kappa shape index (κ1) is 14.1. The highest BCUT2D eigenvalue weighted by Crippen LogP contribution is 2.30. The van der Waals surface area contributed by atoms with Gasteiger partial charge in [0.05, 0.1) is 0 Å². The maximum absolute atomic E-state index is 12.7. The molecule has 1 aromatic heterocycles. The summed E-state index contributed by atoms with van der Waals surface area (Å²) in [6.07, 6.45) is -4.63. The van der Waals surface area contributed by atoms with Crippen LogP contribution in [0.25, 0.3) is 0 Å². The van der Waals surface area contributed by atoms with Crippen LogP contribution in [0, 0.1) is 6.92 Å². The molecular weight excluding hydrogens is 269 g/mol. The first-order chi connectivity index (χ1) is 9.27. The van der Waals surface area contributed by atoms with Gasteiger partial charge in [0.15, 0.2) is 0 Å². The minimum Gasteiger partial charge on any atom is -0.384 e. The summed E-state index contributed by atoms with van der Waals surface area (Å²) in [6, 6.07) is 8.63. The van der Waals surface area contributed by atoms with E-state index in [9.17, 15) is 13.2 Å². The summed E-state index contributed by atoms with van der Waals surface area (Å²) < 4.78 is 38.0. The predicted octanol–water partition coefficient (Wildman–Crippen LogP) is 3.15. The summed E-state index contributed by atoms with van der Waals surface area (Å²) in [4.78, 5) is 8.26. The van der Waals surface area contributed by atoms with Crippen LogP contribution >= 0.6 is 0 Å². The Morgan fingerprint density at radius 1 is 1.15 bits per heavy atom. The van der Waals surface area contributed by atoms with Crippen LogP contribution in [0.5, 0.6) is 0 Å². The molecule has 0 aliphatic carbocycles. The van der Waals surface area contributed by atoms with Crippen molar-refractivity contribution in [1.82, 2.24) is 9.97 Å². The van der Waals surface area contributed by atoms with Crippen molar-refractivity contribution < 1.29 is 13.2 Å². The van der Waals surface area contributed by atoms with E-state index in [1.54, 1.807) is 13.1 Å². The third-order valence-corrected chi connectivity index (χ3v) is 2.72. The van der Waals surface area contributed by atoms with E-state index < -0.39 is 12.0 Å². The van der Waals surface area contributed by atoms with Gasteiger partial charge in [0.2, 0.25) is 5.82 Å². The number of aromatic nitrogens is 2. The molecule has 0 saturated heterocycles. The maximum Gasteiger partial charge on any atom is 0.451 e. The number of benzene rings is 1. The van der Waals surface area contributed by atoms with Crippen molar-refractivity contribution in [1.29, 1.82) is 0 Å². The van der Waals surface area contributed by atoms with Crippen LogP contribution in [0.2, 0.25) is 0 Å². The lowest BCUT2D eigenvalue weighted by molar-refractivity contribution is -0.144. The standard InChI is InChI=1S/C13H13F3N4/c1-8-4-3-5-9(6-8)20(2)11-7-10(17)18-12(19-11)13(14,15)16/h3-7H,1-2H3,(H2,17,18,19). The molecule has 0 saturated carbocycles. The van der Waals surface area contributed by atoms with E-state index in [4.69, 9.17) is 5.73 Å². The number of alkyl halides is 3. The van der Waals surface area contributed by atoms with Crippen LogP contribution in [0.1, 0.15) is 11.4 Å². The normalized spacial score (nSPS) is 11.4. The summed E-state index contributed by atoms with van der Waals surface area (Å²) >= 11 is 0. The summed E-state index contributed by atoms with van der Waals surface area (Å²) in [5.41, 5.74) is 7.14. The quantitative estimate of drug-likeness (QED) is 0.919. The minimum atomic E-state index is -4.63. The van der Waals surface area contributed by atoms with E-state index in [0.29, 0.717) is 0 Å². The molecule has 0 aliphatic heterocycles. The third-order valence-electron chi connectivity index (χ3n) is 2.72. The zero-order chi connectivity index (χ0) is 14.9. The number of halogens is 3. The largest absolute Gasteiger partial charge is 0.451 e. The number of nitrogens with zero attached hydrogens (tertiary/aromatic N) is 3. The minimum absolute atomic E-state index is 0.0930. The molecule has 0 radical (unpaired) electrons. The number of anilines is 3. The van der Waals surface area contributed by atoms with Gasteiger partial charge in [-0.2, -0.15) is 13.2 Å². The molecule has 0 fully saturated rings. The molecule has 1 heterocycles. The Labute approximate surface area is 114 Å². The van der Waals surface area contributed by atoms with Crippen LogP contribution < -0.4 is 10.6 Å². The van der Waals surface area contributed by atoms with Gasteiger partial charge in [-0.3, -0.25) is 0 Å². The molecular formula is C13H13F3N4. The molecule has 106 valence electrons. The number of aryl methyl sites for hydroxylation is 1. The van der Waals surface area contributed by atoms with Crippen LogP contribution in [0.15, 0.2) is 30.3 Å². The molecule has 0 bridgehead atoms. The Balaban J connectivity index is 2.45. The summed E-state index contributed by atoms with van der Waals surface area (Å²) in [7, 11) is 1.62. The van der Waals surface area contributed by atoms with Crippen molar-refractivity contribution >= 4 is 17.3 Å². The predicted molar refractivity (Wildman–Crippen MR) is 70.7 cm³/mol. The highest BCUT2D eigenvalue weighted by atomic mass is 19.4. The molecule has 2 aromatic rings. The summed E-state index contributed by atoms with van der Waals surface area (Å²) in [5, 5.41) is 0. The lowest BCUT2D eigenvalue weighted by atomic mass is 10.2. The van der Waals surface area contributed by atoms with E-state index in [1.165, 1.54) is 11.0 Å². The van der Waals surface area contributed by atoms with Crippen molar-refractivity contribution in [2.45, 2.75) is 13.1 Å². The van der Waals surface area contributed by atoms with Gasteiger partial charge < -0.3 is 10.6 Å². The van der Waals surface area contributed by atoms with Gasteiger partial charge in [0.25, 0.3) is 0 Å². The average Bonchev–Trinajstić information content (AvgIpc) is 2.36. The zero-order valence-electron chi connectivity index (χ0n) is 10.9. The second kappa shape index (κ2) is 4.99. The summed E-state index contributed by atoms with van der Waals surface area (Å²) in [6.45, 7) is 1.90. The Bertz CT molecular complexity index is 625. The van der Waals surface area contributed by atoms with Gasteiger partial charge in [-0.15, -0.1) is 0 Å². The average molecular weight is 282 g/mol. The van der Waals surface area contributed by atoms with E-state index in [0.717, 1.165) is 11.3 Å². The first-order valence-corrected chi connectivity index (χ1v) is 5.79. The van der Waals surface area contributed by atoms with Gasteiger partial charge in [-0.1, -0.05) is 12.1 Å². The monoisotopic (exact) mass is 282 g/mol. The Morgan fingerprint density at radius 2 is 1.85 bits per heavy atom. The Hall–Kier alpha value is -2.31. The van der Waals surface area contributed by atoms with Crippen LogP contribution in [-0.2, 0) is 6.18 Å². The molecule has 0 atom stereocenters. The smallest absolute Gasteiger partial charge is 0.384 e. The number of hydrogen-bond acceptors (Lipinski definition) is 4. The Kier molecular flexibility index (Phi) is 3.52. The highest BCUT2D eigenvalue weighted by molar-refractivity contribution is 5.61. The zero-order valence-corrected chi connectivity index (χ0v) is 10.9. The van der Waals surface area contributed by atoms with Gasteiger partial charge in [-0.05, 0) is 24.6 Å². The van der Waals surface area contributed by atoms with Gasteiger partial charge in [0, 0.05) is 18.8 Å². The van der Waals surface area contributed by atoms with Crippen molar-refractivity contribution in [3.63, 3.8) is 0 Å². The van der Waals surface area contributed by atoms with Crippen LogP contribution in [0.3, 0.4) is 0 Å². The molecule has 0 unspecified atom stereocenters. The summed E-state index contributed by atoms with van der Waals surface area (Å²) in [5.74, 6) is -1.37. The molecule has 20 heavy (non-hydrogen) atoms. The van der Waals surface area contributed by atoms with Gasteiger partial charge in [-0.25, -0.2) is 9.97 Å². The van der Waals surface area contributed by atoms with Crippen molar-refractivity contribution in [2.75, 3.05) is 17.7 Å². The van der Waals surface area contributed by atoms with Gasteiger partial charge >= 0.3 is 6.18 Å². The SMILES string of the molecule is Cc1cccc(N(C)c2cc(N)nc(C(F)(F)F)n2)c1. The van der Waals surface area contributed by atoms with Crippen molar-refractivity contribution in [3.05, 3.63) is 41.7 Å². The number of nitrogens with two attached hydrogens (primary N) is 1. The van der Waals surface area contributed by atoms with Crippen molar-refractivity contribution in [2.24, 2.45) is 0 Å². The fourth-order valence-electron chi connectivity index (χ4n) is 1.72. The molecule has 1 aromatic carbocycles. The van der Waals surface area contributed by atoms with Crippen LogP contribution in [-0.4, -0.2) is 17.0 Å². The molecule has 2 N–H and O–H groups in total. The van der Waals surface area contributed by atoms with E-state index in [-0.39, 0.29) is 11.6 Å². The van der Waals surface area contributed by atoms with E-state index in [1.807, 2.05) is 25.1 Å². The molecule has 0 spiro atoms. The maximum atomic E-state index is 12.7. The number of nitrogen functional groups attached to an aromatic ring is 1. The molecule has 4 nitrogen and oxygen atoms in total. The lowest BCUT2D eigenvalue weighted by Crippen LogP contribution is -2.18. The van der Waals surface area contributed by atoms with E-state index >= 15 is 0 Å². The molecule has 0 amide bonds. The second-order valence-corrected chi connectivity index (χ2v) is 4.37.